The summed E-state index contributed by atoms with van der Waals surface area (Å²) >= 11 is 0. The molecular weight excluding hydrogens is 256 g/mol. The highest BCUT2D eigenvalue weighted by Crippen LogP contribution is 2.03. The summed E-state index contributed by atoms with van der Waals surface area (Å²) in [4.78, 5) is 11.7. The highest BCUT2D eigenvalue weighted by molar-refractivity contribution is 5.74. The summed E-state index contributed by atoms with van der Waals surface area (Å²) in [5.41, 5.74) is 1.11. The van der Waals surface area contributed by atoms with Crippen LogP contribution in [-0.4, -0.2) is 28.4 Å². The molecule has 0 radical (unpaired) electrons. The SMILES string of the molecule is C[C@H](Cc1ccco1)NC(=O)NCCc1cnn(C)c1. The second-order valence-electron chi connectivity index (χ2n) is 4.86. The van der Waals surface area contributed by atoms with Crippen LogP contribution in [0, 0.1) is 0 Å². The molecule has 6 nitrogen and oxygen atoms in total. The van der Waals surface area contributed by atoms with E-state index in [1.165, 1.54) is 0 Å². The van der Waals surface area contributed by atoms with E-state index in [1.54, 1.807) is 17.1 Å². The molecular formula is C14H20N4O2. The normalized spacial score (nSPS) is 12.1. The molecule has 0 saturated heterocycles. The summed E-state index contributed by atoms with van der Waals surface area (Å²) in [5.74, 6) is 0.869. The van der Waals surface area contributed by atoms with E-state index in [0.29, 0.717) is 13.0 Å². The molecule has 108 valence electrons. The zero-order valence-corrected chi connectivity index (χ0v) is 11.8. The van der Waals surface area contributed by atoms with Gasteiger partial charge in [-0.05, 0) is 31.0 Å². The minimum atomic E-state index is -0.159. The van der Waals surface area contributed by atoms with E-state index in [-0.39, 0.29) is 12.1 Å². The Hall–Kier alpha value is -2.24. The average Bonchev–Trinajstić information content (AvgIpc) is 3.01. The first kappa shape index (κ1) is 14.2. The highest BCUT2D eigenvalue weighted by Gasteiger charge is 2.09. The van der Waals surface area contributed by atoms with Crippen molar-refractivity contribution in [3.8, 4) is 0 Å². The van der Waals surface area contributed by atoms with Gasteiger partial charge >= 0.3 is 6.03 Å². The minimum Gasteiger partial charge on any atom is -0.469 e. The molecule has 0 fully saturated rings. The maximum atomic E-state index is 11.7. The summed E-state index contributed by atoms with van der Waals surface area (Å²) in [6, 6.07) is 3.61. The largest absolute Gasteiger partial charge is 0.469 e. The third kappa shape index (κ3) is 4.46. The molecule has 2 aromatic heterocycles. The zero-order chi connectivity index (χ0) is 14.4. The Morgan fingerprint density at radius 2 is 2.40 bits per heavy atom. The molecule has 0 aliphatic rings. The van der Waals surface area contributed by atoms with Crippen LogP contribution in [0.4, 0.5) is 4.79 Å². The lowest BCUT2D eigenvalue weighted by molar-refractivity contribution is 0.237. The van der Waals surface area contributed by atoms with Crippen molar-refractivity contribution in [2.45, 2.75) is 25.8 Å². The number of nitrogens with one attached hydrogen (secondary N) is 2. The fourth-order valence-corrected chi connectivity index (χ4v) is 1.98. The molecule has 2 heterocycles. The van der Waals surface area contributed by atoms with Gasteiger partial charge in [0.15, 0.2) is 0 Å². The lowest BCUT2D eigenvalue weighted by atomic mass is 10.2. The molecule has 2 rings (SSSR count). The fourth-order valence-electron chi connectivity index (χ4n) is 1.98. The van der Waals surface area contributed by atoms with Gasteiger partial charge in [0.05, 0.1) is 12.5 Å². The van der Waals surface area contributed by atoms with Gasteiger partial charge in [0.2, 0.25) is 0 Å². The second-order valence-corrected chi connectivity index (χ2v) is 4.86. The third-order valence-electron chi connectivity index (χ3n) is 2.92. The van der Waals surface area contributed by atoms with Crippen molar-refractivity contribution in [1.82, 2.24) is 20.4 Å². The van der Waals surface area contributed by atoms with Gasteiger partial charge in [0.1, 0.15) is 5.76 Å². The standard InChI is InChI=1S/C14H20N4O2/c1-11(8-13-4-3-7-20-13)17-14(19)15-6-5-12-9-16-18(2)10-12/h3-4,7,9-11H,5-6,8H2,1-2H3,(H2,15,17,19)/t11-/m1/s1. The molecule has 0 aliphatic heterocycles. The van der Waals surface area contributed by atoms with E-state index < -0.39 is 0 Å². The summed E-state index contributed by atoms with van der Waals surface area (Å²) in [7, 11) is 1.87. The van der Waals surface area contributed by atoms with Crippen LogP contribution in [0.3, 0.4) is 0 Å². The molecule has 1 atom stereocenters. The fraction of sp³-hybridized carbons (Fsp3) is 0.429. The summed E-state index contributed by atoms with van der Waals surface area (Å²) in [6.45, 7) is 2.54. The van der Waals surface area contributed by atoms with Crippen molar-refractivity contribution >= 4 is 6.03 Å². The number of hydrogen-bond donors (Lipinski definition) is 2. The predicted octanol–water partition coefficient (Wildman–Crippen LogP) is 1.49. The Balaban J connectivity index is 1.64. The number of carbonyl (C=O) groups excluding carboxylic acids is 1. The Morgan fingerprint density at radius 1 is 1.55 bits per heavy atom. The minimum absolute atomic E-state index is 0.0274. The third-order valence-corrected chi connectivity index (χ3v) is 2.92. The number of aromatic nitrogens is 2. The number of hydrogen-bond acceptors (Lipinski definition) is 3. The van der Waals surface area contributed by atoms with Crippen molar-refractivity contribution in [3.05, 3.63) is 42.1 Å². The van der Waals surface area contributed by atoms with Gasteiger partial charge in [-0.3, -0.25) is 4.68 Å². The molecule has 2 N–H and O–H groups in total. The van der Waals surface area contributed by atoms with E-state index in [2.05, 4.69) is 15.7 Å². The molecule has 0 unspecified atom stereocenters. The van der Waals surface area contributed by atoms with Crippen LogP contribution in [0.5, 0.6) is 0 Å². The number of amides is 2. The van der Waals surface area contributed by atoms with Crippen molar-refractivity contribution in [1.29, 1.82) is 0 Å². The van der Waals surface area contributed by atoms with Gasteiger partial charge < -0.3 is 15.1 Å². The van der Waals surface area contributed by atoms with Crippen molar-refractivity contribution in [3.63, 3.8) is 0 Å². The highest BCUT2D eigenvalue weighted by atomic mass is 16.3. The van der Waals surface area contributed by atoms with Crippen molar-refractivity contribution < 1.29 is 9.21 Å². The van der Waals surface area contributed by atoms with E-state index in [1.807, 2.05) is 32.3 Å². The van der Waals surface area contributed by atoms with Crippen molar-refractivity contribution in [2.24, 2.45) is 7.05 Å². The summed E-state index contributed by atoms with van der Waals surface area (Å²) < 4.78 is 7.00. The maximum Gasteiger partial charge on any atom is 0.315 e. The Kier molecular flexibility index (Phi) is 4.81. The van der Waals surface area contributed by atoms with E-state index in [4.69, 9.17) is 4.42 Å². The molecule has 0 aliphatic carbocycles. The van der Waals surface area contributed by atoms with Crippen LogP contribution in [-0.2, 0) is 19.9 Å². The molecule has 2 amide bonds. The lowest BCUT2D eigenvalue weighted by Crippen LogP contribution is -2.42. The monoisotopic (exact) mass is 276 g/mol. The summed E-state index contributed by atoms with van der Waals surface area (Å²) in [6.07, 6.45) is 6.84. The average molecular weight is 276 g/mol. The molecule has 0 spiro atoms. The van der Waals surface area contributed by atoms with Crippen LogP contribution in [0.15, 0.2) is 35.2 Å². The summed E-state index contributed by atoms with van der Waals surface area (Å²) in [5, 5.41) is 9.79. The predicted molar refractivity (Wildman–Crippen MR) is 75.3 cm³/mol. The van der Waals surface area contributed by atoms with E-state index >= 15 is 0 Å². The Morgan fingerprint density at radius 3 is 3.05 bits per heavy atom. The molecule has 0 saturated carbocycles. The number of urea groups is 1. The first-order valence-corrected chi connectivity index (χ1v) is 6.68. The van der Waals surface area contributed by atoms with Crippen LogP contribution in [0.2, 0.25) is 0 Å². The van der Waals surface area contributed by atoms with Crippen LogP contribution >= 0.6 is 0 Å². The number of nitrogens with zero attached hydrogens (tertiary/aromatic N) is 2. The molecule has 2 aromatic rings. The molecule has 6 heteroatoms. The smallest absolute Gasteiger partial charge is 0.315 e. The van der Waals surface area contributed by atoms with Gasteiger partial charge in [-0.15, -0.1) is 0 Å². The molecule has 20 heavy (non-hydrogen) atoms. The quantitative estimate of drug-likeness (QED) is 0.839. The number of furan rings is 1. The van der Waals surface area contributed by atoms with E-state index in [0.717, 1.165) is 17.7 Å². The van der Waals surface area contributed by atoms with Crippen LogP contribution in [0.25, 0.3) is 0 Å². The number of aryl methyl sites for hydroxylation is 1. The Bertz CT molecular complexity index is 533. The van der Waals surface area contributed by atoms with Gasteiger partial charge in [0, 0.05) is 32.3 Å². The number of rotatable bonds is 6. The van der Waals surface area contributed by atoms with Gasteiger partial charge in [-0.1, -0.05) is 0 Å². The second kappa shape index (κ2) is 6.79. The molecule has 0 bridgehead atoms. The first-order chi connectivity index (χ1) is 9.63. The number of carbonyl (C=O) groups is 1. The maximum absolute atomic E-state index is 11.7. The van der Waals surface area contributed by atoms with E-state index in [9.17, 15) is 4.79 Å². The first-order valence-electron chi connectivity index (χ1n) is 6.68. The van der Waals surface area contributed by atoms with Crippen molar-refractivity contribution in [2.75, 3.05) is 6.54 Å². The zero-order valence-electron chi connectivity index (χ0n) is 11.8. The van der Waals surface area contributed by atoms with Gasteiger partial charge in [-0.2, -0.15) is 5.10 Å². The lowest BCUT2D eigenvalue weighted by Gasteiger charge is -2.13. The van der Waals surface area contributed by atoms with Gasteiger partial charge in [-0.25, -0.2) is 4.79 Å². The van der Waals surface area contributed by atoms with Gasteiger partial charge in [0.25, 0.3) is 0 Å². The molecule has 0 aromatic carbocycles. The van der Waals surface area contributed by atoms with Crippen LogP contribution < -0.4 is 10.6 Å². The van der Waals surface area contributed by atoms with Crippen LogP contribution in [0.1, 0.15) is 18.2 Å². The Labute approximate surface area is 118 Å². The topological polar surface area (TPSA) is 72.1 Å².